The third kappa shape index (κ3) is 5.23. The van der Waals surface area contributed by atoms with Crippen LogP contribution in [0.3, 0.4) is 0 Å². The normalized spacial score (nSPS) is 13.5. The Morgan fingerprint density at radius 2 is 1.94 bits per heavy atom. The van der Waals surface area contributed by atoms with Gasteiger partial charge in [0.1, 0.15) is 5.65 Å². The smallest absolute Gasteiger partial charge is 0.194 e. The maximum Gasteiger partial charge on any atom is 0.194 e. The Bertz CT molecular complexity index is 1020. The fraction of sp³-hybridized carbons (Fsp3) is 0.391. The lowest BCUT2D eigenvalue weighted by atomic mass is 9.99. The van der Waals surface area contributed by atoms with Gasteiger partial charge in [-0.15, -0.1) is 24.0 Å². The molecule has 3 heterocycles. The number of aromatic nitrogens is 2. The van der Waals surface area contributed by atoms with Crippen LogP contribution >= 0.6 is 24.0 Å². The number of aliphatic imine (C=N–C) groups is 1. The molecule has 0 bridgehead atoms. The maximum atomic E-state index is 5.49. The molecule has 0 saturated heterocycles. The van der Waals surface area contributed by atoms with E-state index in [0.717, 1.165) is 61.3 Å². The average molecular weight is 535 g/mol. The number of halogens is 1. The summed E-state index contributed by atoms with van der Waals surface area (Å²) < 4.78 is 13.0. The summed E-state index contributed by atoms with van der Waals surface area (Å²) >= 11 is 0. The second-order valence-electron chi connectivity index (χ2n) is 7.33. The Hall–Kier alpha value is -2.49. The van der Waals surface area contributed by atoms with E-state index in [9.17, 15) is 0 Å². The molecule has 0 fully saturated rings. The number of guanidine groups is 1. The van der Waals surface area contributed by atoms with Crippen LogP contribution in [0.5, 0.6) is 11.5 Å². The van der Waals surface area contributed by atoms with E-state index < -0.39 is 0 Å². The van der Waals surface area contributed by atoms with E-state index in [1.54, 1.807) is 14.2 Å². The van der Waals surface area contributed by atoms with Crippen molar-refractivity contribution in [2.45, 2.75) is 26.3 Å². The van der Waals surface area contributed by atoms with Crippen LogP contribution in [-0.2, 0) is 19.4 Å². The number of ether oxygens (including phenoxy) is 2. The molecule has 1 aliphatic heterocycles. The van der Waals surface area contributed by atoms with Crippen LogP contribution < -0.4 is 14.8 Å². The van der Waals surface area contributed by atoms with Crippen LogP contribution in [0.4, 0.5) is 0 Å². The number of hydrogen-bond donors (Lipinski definition) is 1. The Morgan fingerprint density at radius 1 is 1.16 bits per heavy atom. The van der Waals surface area contributed by atoms with Crippen molar-refractivity contribution in [2.75, 3.05) is 33.9 Å². The molecule has 8 heteroatoms. The zero-order chi connectivity index (χ0) is 20.9. The fourth-order valence-corrected chi connectivity index (χ4v) is 3.87. The summed E-state index contributed by atoms with van der Waals surface area (Å²) in [4.78, 5) is 11.9. The molecule has 0 radical (unpaired) electrons. The maximum absolute atomic E-state index is 5.49. The largest absolute Gasteiger partial charge is 0.493 e. The summed E-state index contributed by atoms with van der Waals surface area (Å²) in [5, 5.41) is 3.44. The summed E-state index contributed by atoms with van der Waals surface area (Å²) in [7, 11) is 3.36. The van der Waals surface area contributed by atoms with Crippen molar-refractivity contribution in [1.29, 1.82) is 0 Å². The van der Waals surface area contributed by atoms with Gasteiger partial charge in [0.15, 0.2) is 17.5 Å². The molecule has 31 heavy (non-hydrogen) atoms. The molecular weight excluding hydrogens is 505 g/mol. The number of nitrogens with one attached hydrogen (secondary N) is 1. The van der Waals surface area contributed by atoms with Gasteiger partial charge in [-0.3, -0.25) is 4.99 Å². The van der Waals surface area contributed by atoms with Crippen LogP contribution in [-0.4, -0.2) is 54.1 Å². The molecule has 0 amide bonds. The molecule has 4 rings (SSSR count). The summed E-state index contributed by atoms with van der Waals surface area (Å²) in [5.41, 5.74) is 4.59. The van der Waals surface area contributed by atoms with Crippen molar-refractivity contribution >= 4 is 35.6 Å². The predicted octanol–water partition coefficient (Wildman–Crippen LogP) is 3.54. The van der Waals surface area contributed by atoms with E-state index in [1.165, 1.54) is 11.1 Å². The Kier molecular flexibility index (Phi) is 8.00. The highest BCUT2D eigenvalue weighted by Gasteiger charge is 2.21. The lowest BCUT2D eigenvalue weighted by Gasteiger charge is -2.32. The third-order valence-corrected chi connectivity index (χ3v) is 5.40. The standard InChI is InChI=1S/C23H29N5O2.HI/c1-4-24-23(25-10-8-19-16-27-11-6-5-7-22(27)26-19)28-12-9-17-13-20(29-2)21(30-3)14-18(17)15-28;/h5-7,11,13-14,16H,4,8-10,12,15H2,1-3H3,(H,24,25);1H. The van der Waals surface area contributed by atoms with E-state index in [2.05, 4.69) is 40.5 Å². The molecule has 0 saturated carbocycles. The minimum atomic E-state index is 0. The minimum Gasteiger partial charge on any atom is -0.493 e. The molecular formula is C23H30IN5O2. The van der Waals surface area contributed by atoms with Gasteiger partial charge in [0.2, 0.25) is 0 Å². The predicted molar refractivity (Wildman–Crippen MR) is 134 cm³/mol. The Morgan fingerprint density at radius 3 is 2.65 bits per heavy atom. The van der Waals surface area contributed by atoms with E-state index in [1.807, 2.05) is 28.8 Å². The minimum absolute atomic E-state index is 0. The van der Waals surface area contributed by atoms with Crippen LogP contribution in [0.15, 0.2) is 47.7 Å². The molecule has 0 atom stereocenters. The van der Waals surface area contributed by atoms with Crippen molar-refractivity contribution in [3.8, 4) is 11.5 Å². The zero-order valence-corrected chi connectivity index (χ0v) is 20.6. The van der Waals surface area contributed by atoms with Gasteiger partial charge in [-0.1, -0.05) is 6.07 Å². The molecule has 7 nitrogen and oxygen atoms in total. The van der Waals surface area contributed by atoms with Gasteiger partial charge >= 0.3 is 0 Å². The Labute approximate surface area is 200 Å². The van der Waals surface area contributed by atoms with Gasteiger partial charge in [0, 0.05) is 45.0 Å². The van der Waals surface area contributed by atoms with Crippen molar-refractivity contribution in [3.63, 3.8) is 0 Å². The van der Waals surface area contributed by atoms with Gasteiger partial charge in [-0.05, 0) is 48.7 Å². The van der Waals surface area contributed by atoms with Crippen molar-refractivity contribution < 1.29 is 9.47 Å². The topological polar surface area (TPSA) is 63.4 Å². The first kappa shape index (κ1) is 23.2. The van der Waals surface area contributed by atoms with Crippen LogP contribution in [0.1, 0.15) is 23.7 Å². The van der Waals surface area contributed by atoms with Crippen molar-refractivity contribution in [2.24, 2.45) is 4.99 Å². The monoisotopic (exact) mass is 535 g/mol. The lowest BCUT2D eigenvalue weighted by Crippen LogP contribution is -2.44. The quantitative estimate of drug-likeness (QED) is 0.297. The molecule has 0 spiro atoms. The number of pyridine rings is 1. The van der Waals surface area contributed by atoms with Gasteiger partial charge in [0.25, 0.3) is 0 Å². The number of imidazole rings is 1. The lowest BCUT2D eigenvalue weighted by molar-refractivity contribution is 0.346. The Balaban J connectivity index is 0.00000272. The number of methoxy groups -OCH3 is 2. The molecule has 0 unspecified atom stereocenters. The molecule has 0 aliphatic carbocycles. The van der Waals surface area contributed by atoms with Gasteiger partial charge in [-0.25, -0.2) is 4.98 Å². The van der Waals surface area contributed by atoms with Crippen molar-refractivity contribution in [3.05, 3.63) is 59.5 Å². The highest BCUT2D eigenvalue weighted by molar-refractivity contribution is 14.0. The number of fused-ring (bicyclic) bond motifs is 2. The highest BCUT2D eigenvalue weighted by Crippen LogP contribution is 2.33. The van der Waals surface area contributed by atoms with E-state index in [0.29, 0.717) is 6.54 Å². The number of hydrogen-bond acceptors (Lipinski definition) is 4. The zero-order valence-electron chi connectivity index (χ0n) is 18.3. The molecule has 1 aromatic carbocycles. The number of benzene rings is 1. The first-order valence-electron chi connectivity index (χ1n) is 10.4. The van der Waals surface area contributed by atoms with E-state index >= 15 is 0 Å². The summed E-state index contributed by atoms with van der Waals surface area (Å²) in [6.45, 7) is 5.35. The number of nitrogens with zero attached hydrogens (tertiary/aromatic N) is 4. The van der Waals surface area contributed by atoms with Crippen LogP contribution in [0.25, 0.3) is 5.65 Å². The SMILES string of the molecule is CCNC(=NCCc1cn2ccccc2n1)N1CCc2cc(OC)c(OC)cc2C1.I. The average Bonchev–Trinajstić information content (AvgIpc) is 3.20. The first-order valence-corrected chi connectivity index (χ1v) is 10.4. The second-order valence-corrected chi connectivity index (χ2v) is 7.33. The van der Waals surface area contributed by atoms with E-state index in [-0.39, 0.29) is 24.0 Å². The van der Waals surface area contributed by atoms with Gasteiger partial charge < -0.3 is 24.1 Å². The fourth-order valence-electron chi connectivity index (χ4n) is 3.87. The molecule has 166 valence electrons. The molecule has 1 N–H and O–H groups in total. The molecule has 2 aromatic heterocycles. The highest BCUT2D eigenvalue weighted by atomic mass is 127. The molecule has 1 aliphatic rings. The summed E-state index contributed by atoms with van der Waals surface area (Å²) in [5.74, 6) is 2.51. The second kappa shape index (κ2) is 10.7. The summed E-state index contributed by atoms with van der Waals surface area (Å²) in [6.07, 6.45) is 5.86. The van der Waals surface area contributed by atoms with E-state index in [4.69, 9.17) is 14.5 Å². The van der Waals surface area contributed by atoms with Crippen LogP contribution in [0, 0.1) is 0 Å². The summed E-state index contributed by atoms with van der Waals surface area (Å²) in [6, 6.07) is 10.2. The van der Waals surface area contributed by atoms with Crippen molar-refractivity contribution in [1.82, 2.24) is 19.6 Å². The van der Waals surface area contributed by atoms with Gasteiger partial charge in [0.05, 0.1) is 19.9 Å². The van der Waals surface area contributed by atoms with Gasteiger partial charge in [-0.2, -0.15) is 0 Å². The van der Waals surface area contributed by atoms with Crippen LogP contribution in [0.2, 0.25) is 0 Å². The number of rotatable bonds is 6. The molecule has 3 aromatic rings. The third-order valence-electron chi connectivity index (χ3n) is 5.40. The first-order chi connectivity index (χ1) is 14.7.